The molecule has 2 aliphatic rings. The lowest BCUT2D eigenvalue weighted by molar-refractivity contribution is -0.140. The lowest BCUT2D eigenvalue weighted by Crippen LogP contribution is -2.58. The quantitative estimate of drug-likeness (QED) is 0.0175. The number of β-amino-alcohol motifs (C(OH)–C–C–N with tert-alkyl or cyclic N) is 2. The van der Waals surface area contributed by atoms with E-state index in [0.29, 0.717) is 19.3 Å². The summed E-state index contributed by atoms with van der Waals surface area (Å²) < 4.78 is 102. The first-order chi connectivity index (χ1) is 41.7. The average molecular weight is 1320 g/mol. The molecule has 4 rings (SSSR count). The summed E-state index contributed by atoms with van der Waals surface area (Å²) in [4.78, 5) is 111. The molecule has 37 heteroatoms. The van der Waals surface area contributed by atoms with Gasteiger partial charge in [0.15, 0.2) is 6.29 Å². The van der Waals surface area contributed by atoms with Crippen LogP contribution in [-0.4, -0.2) is 279 Å². The molecule has 500 valence electrons. The molecule has 89 heavy (non-hydrogen) atoms. The normalized spacial score (nSPS) is 16.2. The van der Waals surface area contributed by atoms with E-state index in [2.05, 4.69) is 36.3 Å². The number of nitrogens with one attached hydrogen (secondary N) is 7. The number of aliphatic hydroxyl groups is 2. The number of aliphatic hydroxyl groups excluding tert-OH is 1. The Morgan fingerprint density at radius 3 is 1.72 bits per heavy atom. The largest absolute Gasteiger partial charge is 0.494 e. The van der Waals surface area contributed by atoms with Gasteiger partial charge in [-0.3, -0.25) is 67.1 Å². The number of carbonyl (C=O) groups excluding carboxylic acids is 5. The number of amides is 5. The second-order valence-corrected chi connectivity index (χ2v) is 26.1. The van der Waals surface area contributed by atoms with Crippen LogP contribution in [0.4, 0.5) is 5.82 Å². The van der Waals surface area contributed by atoms with Gasteiger partial charge < -0.3 is 62.2 Å². The molecule has 14 N–H and O–H groups in total. The van der Waals surface area contributed by atoms with E-state index >= 15 is 0 Å². The number of fused-ring (bicyclic) bond motifs is 1. The summed E-state index contributed by atoms with van der Waals surface area (Å²) in [6, 6.07) is 0.752. The molecule has 2 aliphatic heterocycles. The number of carboxylic acid groups (broad SMARTS) is 3. The van der Waals surface area contributed by atoms with Gasteiger partial charge in [0, 0.05) is 104 Å². The van der Waals surface area contributed by atoms with Crippen molar-refractivity contribution < 1.29 is 103 Å². The number of hydrogen-bond acceptors (Lipinski definition) is 23. The minimum atomic E-state index is -5.10. The number of benzene rings is 1. The van der Waals surface area contributed by atoms with Gasteiger partial charge in [0.25, 0.3) is 20.2 Å². The van der Waals surface area contributed by atoms with Gasteiger partial charge in [-0.25, -0.2) is 13.4 Å². The zero-order chi connectivity index (χ0) is 66.1. The lowest BCUT2D eigenvalue weighted by Gasteiger charge is -2.33. The Kier molecular flexibility index (Phi) is 30.3. The van der Waals surface area contributed by atoms with Crippen molar-refractivity contribution >= 4 is 83.5 Å². The van der Waals surface area contributed by atoms with Crippen molar-refractivity contribution in [2.75, 3.05) is 128 Å². The number of rotatable bonds is 35. The van der Waals surface area contributed by atoms with Gasteiger partial charge in [0.1, 0.15) is 41.2 Å². The molecule has 1 fully saturated rings. The van der Waals surface area contributed by atoms with Gasteiger partial charge in [-0.1, -0.05) is 6.07 Å². The van der Waals surface area contributed by atoms with Crippen molar-refractivity contribution in [3.05, 3.63) is 46.6 Å². The number of aliphatic carboxylic acids is 3. The van der Waals surface area contributed by atoms with Crippen molar-refractivity contribution in [3.8, 4) is 5.75 Å². The van der Waals surface area contributed by atoms with Gasteiger partial charge >= 0.3 is 17.9 Å². The molecule has 2 aromatic rings. The smallest absolute Gasteiger partial charge is 0.323 e. The standard InChI is InChI=1S/C52H82N12O22S3/c1-34-25-38(26-35(2)48(34)89(84,85)60-39(52(76)77)27-56-43(66)9-4-3-8-37-12-11-36-7-5-13-54-49(36)57-37)86-24-6-10-42(65)53-14-15-55-50(74)40(32-87(78,79)80)59-51(75)41(33-88(81,82)83)58-44(67)28-61-16-18-62(29-45(68)69)20-22-64(31-47(72)73)23-21-63(19-17-61)30-46(70)71/h11-12,25-26,39-41,47,60,72-73H,3-10,13-24,27-33H2,1-2H3,(H,53,65)(H,54,57)(H,55,74)(H,56,66)(H,58,67)(H,59,75)(H,68,69)(H,70,71)(H,76,77)(H,78,79,80)(H,81,82,83)/t39?,40?,41-/m0/s1. The first-order valence-electron chi connectivity index (χ1n) is 28.5. The number of hydrogen-bond donors (Lipinski definition) is 14. The van der Waals surface area contributed by atoms with Crippen molar-refractivity contribution in [2.45, 2.75) is 94.5 Å². The topological polar surface area (TPSA) is 500 Å². The predicted octanol–water partition coefficient (Wildman–Crippen LogP) is -4.84. The van der Waals surface area contributed by atoms with Gasteiger partial charge in [-0.15, -0.1) is 0 Å². The first-order valence-corrected chi connectivity index (χ1v) is 33.2. The van der Waals surface area contributed by atoms with Gasteiger partial charge in [-0.2, -0.15) is 21.6 Å². The van der Waals surface area contributed by atoms with Crippen molar-refractivity contribution in [2.24, 2.45) is 0 Å². The van der Waals surface area contributed by atoms with Crippen LogP contribution in [-0.2, 0) is 81.5 Å². The van der Waals surface area contributed by atoms with Crippen LogP contribution in [0.25, 0.3) is 0 Å². The van der Waals surface area contributed by atoms with Crippen molar-refractivity contribution in [1.29, 1.82) is 0 Å². The second-order valence-electron chi connectivity index (χ2n) is 21.4. The van der Waals surface area contributed by atoms with Gasteiger partial charge in [0.05, 0.1) is 31.1 Å². The third-order valence-electron chi connectivity index (χ3n) is 13.9. The highest BCUT2D eigenvalue weighted by atomic mass is 32.2. The van der Waals surface area contributed by atoms with Crippen molar-refractivity contribution in [3.63, 3.8) is 0 Å². The Labute approximate surface area is 515 Å². The fourth-order valence-corrected chi connectivity index (χ4v) is 12.6. The number of carbonyl (C=O) groups is 8. The molecule has 3 heterocycles. The van der Waals surface area contributed by atoms with Crippen LogP contribution in [0, 0.1) is 13.8 Å². The maximum Gasteiger partial charge on any atom is 0.323 e. The fraction of sp³-hybridized carbons (Fsp3) is 0.635. The zero-order valence-corrected chi connectivity index (χ0v) is 51.9. The molecule has 0 saturated carbocycles. The van der Waals surface area contributed by atoms with Gasteiger partial charge in [-0.05, 0) is 87.3 Å². The van der Waals surface area contributed by atoms with E-state index in [0.717, 1.165) is 36.5 Å². The molecule has 1 aromatic carbocycles. The van der Waals surface area contributed by atoms with Crippen LogP contribution in [0.15, 0.2) is 29.2 Å². The maximum atomic E-state index is 13.5. The number of unbranched alkanes of at least 4 members (excludes halogenated alkanes) is 1. The fourth-order valence-electron chi connectivity index (χ4n) is 9.62. The van der Waals surface area contributed by atoms with Crippen LogP contribution in [0.3, 0.4) is 0 Å². The summed E-state index contributed by atoms with van der Waals surface area (Å²) >= 11 is 0. The number of nitrogens with zero attached hydrogens (tertiary/aromatic N) is 5. The lowest BCUT2D eigenvalue weighted by atomic mass is 10.1. The molecule has 1 saturated heterocycles. The van der Waals surface area contributed by atoms with E-state index in [-0.39, 0.29) is 113 Å². The highest BCUT2D eigenvalue weighted by Crippen LogP contribution is 2.27. The molecule has 5 amide bonds. The molecule has 0 radical (unpaired) electrons. The third-order valence-corrected chi connectivity index (χ3v) is 17.2. The number of aromatic nitrogens is 1. The maximum absolute atomic E-state index is 13.5. The molecule has 0 aliphatic carbocycles. The first kappa shape index (κ1) is 74.7. The van der Waals surface area contributed by atoms with E-state index < -0.39 is 146 Å². The molecule has 3 atom stereocenters. The highest BCUT2D eigenvalue weighted by Gasteiger charge is 2.34. The molecular formula is C52H82N12O22S3. The van der Waals surface area contributed by atoms with E-state index in [1.165, 1.54) is 40.7 Å². The van der Waals surface area contributed by atoms with Crippen LogP contribution in [0.5, 0.6) is 5.75 Å². The summed E-state index contributed by atoms with van der Waals surface area (Å²) in [6.07, 6.45) is 2.10. The number of ether oxygens (including phenoxy) is 1. The van der Waals surface area contributed by atoms with E-state index in [4.69, 9.17) is 4.74 Å². The number of aryl methyl sites for hydroxylation is 4. The molecule has 2 unspecified atom stereocenters. The zero-order valence-electron chi connectivity index (χ0n) is 49.4. The van der Waals surface area contributed by atoms with E-state index in [9.17, 15) is 98.2 Å². The third kappa shape index (κ3) is 29.2. The monoisotopic (exact) mass is 1320 g/mol. The minimum Gasteiger partial charge on any atom is -0.494 e. The van der Waals surface area contributed by atoms with Crippen LogP contribution in [0.1, 0.15) is 60.9 Å². The summed E-state index contributed by atoms with van der Waals surface area (Å²) in [5, 5.41) is 62.6. The van der Waals surface area contributed by atoms with E-state index in [1.807, 2.05) is 17.4 Å². The number of sulfonamides is 1. The Bertz CT molecular complexity index is 3070. The Hall–Kier alpha value is -6.78. The summed E-state index contributed by atoms with van der Waals surface area (Å²) in [5.41, 5.74) is 2.44. The summed E-state index contributed by atoms with van der Waals surface area (Å²) in [5.74, 6) is -10.6. The molecule has 1 aromatic heterocycles. The minimum absolute atomic E-state index is 0.00812. The summed E-state index contributed by atoms with van der Waals surface area (Å²) in [7, 11) is -14.6. The number of pyridine rings is 1. The number of anilines is 1. The average Bonchev–Trinajstić information content (AvgIpc) is 2.89. The number of carboxylic acids is 3. The Morgan fingerprint density at radius 1 is 0.640 bits per heavy atom. The predicted molar refractivity (Wildman–Crippen MR) is 316 cm³/mol. The Balaban J connectivity index is 1.25. The van der Waals surface area contributed by atoms with Crippen LogP contribution >= 0.6 is 0 Å². The molecular weight excluding hydrogens is 1240 g/mol. The Morgan fingerprint density at radius 2 is 1.17 bits per heavy atom. The SMILES string of the molecule is Cc1cc(OCCCC(=O)NCCNC(=O)C(CS(=O)(=O)O)NC(=O)[C@H](CS(=O)(=O)O)NC(=O)CN2CCN(CC(=O)O)CCN(CC(O)O)CCN(CC(=O)O)CC2)cc(C)c1S(=O)(=O)NC(CNC(=O)CCCCc1ccc2c(n1)NCCC2)C(=O)O. The molecule has 0 spiro atoms. The highest BCUT2D eigenvalue weighted by molar-refractivity contribution is 7.89. The molecule has 34 nitrogen and oxygen atoms in total. The molecule has 0 bridgehead atoms. The summed E-state index contributed by atoms with van der Waals surface area (Å²) in [6.45, 7) is 1.07. The van der Waals surface area contributed by atoms with Crippen LogP contribution in [0.2, 0.25) is 0 Å². The second kappa shape index (κ2) is 36.2. The van der Waals surface area contributed by atoms with E-state index in [1.54, 1.807) is 4.90 Å². The van der Waals surface area contributed by atoms with Crippen molar-refractivity contribution in [1.82, 2.24) is 55.9 Å². The van der Waals surface area contributed by atoms with Gasteiger partial charge in [0.2, 0.25) is 39.6 Å². The van der Waals surface area contributed by atoms with Crippen LogP contribution < -0.4 is 41.4 Å².